The summed E-state index contributed by atoms with van der Waals surface area (Å²) in [6, 6.07) is 79.2. The zero-order valence-electron chi connectivity index (χ0n) is 33.6. The molecule has 0 fully saturated rings. The zero-order chi connectivity index (χ0) is 41.0. The number of rotatable bonds is 7. The van der Waals surface area contributed by atoms with Gasteiger partial charge in [0.1, 0.15) is 0 Å². The highest BCUT2D eigenvalue weighted by molar-refractivity contribution is 6.24. The van der Waals surface area contributed by atoms with Gasteiger partial charge in [0.2, 0.25) is 5.95 Å². The Bertz CT molecular complexity index is 3600. The van der Waals surface area contributed by atoms with Crippen LogP contribution in [0.1, 0.15) is 0 Å². The van der Waals surface area contributed by atoms with Crippen molar-refractivity contribution >= 4 is 43.6 Å². The molecule has 9 aromatic carbocycles. The Morgan fingerprint density at radius 2 is 0.710 bits per heavy atom. The SMILES string of the molecule is c1ccc(-c2ccc3c(c2)c2ccc4c5cc(-c6ccccc6)ccc5n(-c5nc(-c6ccccc6)nc(-c6ccccc6-c6ccccc6)n5)c4c2n3-c2ccccc2)cc1. The van der Waals surface area contributed by atoms with Crippen molar-refractivity contribution in [1.29, 1.82) is 0 Å². The molecule has 0 spiro atoms. The van der Waals surface area contributed by atoms with E-state index in [-0.39, 0.29) is 0 Å². The lowest BCUT2D eigenvalue weighted by Gasteiger charge is -2.14. The molecule has 290 valence electrons. The van der Waals surface area contributed by atoms with Crippen molar-refractivity contribution in [3.63, 3.8) is 0 Å². The summed E-state index contributed by atoms with van der Waals surface area (Å²) in [5, 5.41) is 4.55. The van der Waals surface area contributed by atoms with Gasteiger partial charge in [-0.1, -0.05) is 188 Å². The van der Waals surface area contributed by atoms with Gasteiger partial charge in [0.15, 0.2) is 11.6 Å². The lowest BCUT2D eigenvalue weighted by molar-refractivity contribution is 0.953. The predicted octanol–water partition coefficient (Wildman–Crippen LogP) is 14.4. The Hall–Kier alpha value is -8.41. The van der Waals surface area contributed by atoms with E-state index in [0.29, 0.717) is 17.6 Å². The van der Waals surface area contributed by atoms with Crippen molar-refractivity contribution in [1.82, 2.24) is 24.1 Å². The van der Waals surface area contributed by atoms with E-state index in [0.717, 1.165) is 77.3 Å². The molecule has 3 heterocycles. The van der Waals surface area contributed by atoms with Gasteiger partial charge >= 0.3 is 0 Å². The topological polar surface area (TPSA) is 48.5 Å². The van der Waals surface area contributed by atoms with Crippen LogP contribution in [-0.2, 0) is 0 Å². The second kappa shape index (κ2) is 14.7. The number of para-hydroxylation sites is 1. The molecule has 12 aromatic rings. The minimum atomic E-state index is 0.548. The van der Waals surface area contributed by atoms with Gasteiger partial charge in [-0.3, -0.25) is 4.57 Å². The summed E-state index contributed by atoms with van der Waals surface area (Å²) in [5.74, 6) is 1.76. The van der Waals surface area contributed by atoms with Crippen molar-refractivity contribution in [2.75, 3.05) is 0 Å². The Morgan fingerprint density at radius 3 is 1.27 bits per heavy atom. The molecule has 0 bridgehead atoms. The fourth-order valence-corrected chi connectivity index (χ4v) is 9.12. The first-order valence-electron chi connectivity index (χ1n) is 21.0. The van der Waals surface area contributed by atoms with Crippen LogP contribution in [0.15, 0.2) is 224 Å². The molecular weight excluding hydrogens is 755 g/mol. The maximum atomic E-state index is 5.49. The second-order valence-corrected chi connectivity index (χ2v) is 15.6. The molecule has 12 rings (SSSR count). The van der Waals surface area contributed by atoms with Gasteiger partial charge in [0.25, 0.3) is 0 Å². The smallest absolute Gasteiger partial charge is 0.238 e. The third-order valence-corrected chi connectivity index (χ3v) is 12.0. The molecule has 0 N–H and O–H groups in total. The number of hydrogen-bond acceptors (Lipinski definition) is 3. The second-order valence-electron chi connectivity index (χ2n) is 15.6. The summed E-state index contributed by atoms with van der Waals surface area (Å²) in [4.78, 5) is 16.1. The average Bonchev–Trinajstić information content (AvgIpc) is 3.87. The summed E-state index contributed by atoms with van der Waals surface area (Å²) in [7, 11) is 0. The summed E-state index contributed by atoms with van der Waals surface area (Å²) in [6.07, 6.45) is 0. The van der Waals surface area contributed by atoms with Crippen LogP contribution >= 0.6 is 0 Å². The quantitative estimate of drug-likeness (QED) is 0.162. The van der Waals surface area contributed by atoms with Crippen molar-refractivity contribution < 1.29 is 0 Å². The molecule has 0 unspecified atom stereocenters. The molecule has 0 saturated heterocycles. The highest BCUT2D eigenvalue weighted by Gasteiger charge is 2.25. The third kappa shape index (κ3) is 5.90. The predicted molar refractivity (Wildman–Crippen MR) is 256 cm³/mol. The van der Waals surface area contributed by atoms with Crippen LogP contribution in [0.2, 0.25) is 0 Å². The first-order valence-corrected chi connectivity index (χ1v) is 21.0. The van der Waals surface area contributed by atoms with E-state index >= 15 is 0 Å². The monoisotopic (exact) mass is 791 g/mol. The Kier molecular flexibility index (Phi) is 8.42. The number of nitrogens with zero attached hydrogens (tertiary/aromatic N) is 5. The minimum absolute atomic E-state index is 0.548. The highest BCUT2D eigenvalue weighted by Crippen LogP contribution is 2.44. The van der Waals surface area contributed by atoms with Crippen molar-refractivity contribution in [3.05, 3.63) is 224 Å². The third-order valence-electron chi connectivity index (χ3n) is 12.0. The van der Waals surface area contributed by atoms with Crippen molar-refractivity contribution in [3.8, 4) is 67.8 Å². The van der Waals surface area contributed by atoms with E-state index in [1.807, 2.05) is 24.3 Å². The lowest BCUT2D eigenvalue weighted by atomic mass is 9.99. The van der Waals surface area contributed by atoms with Gasteiger partial charge in [-0.2, -0.15) is 9.97 Å². The number of benzene rings is 9. The Morgan fingerprint density at radius 1 is 0.274 bits per heavy atom. The molecule has 0 aliphatic rings. The molecule has 0 saturated carbocycles. The maximum Gasteiger partial charge on any atom is 0.238 e. The molecule has 0 aliphatic heterocycles. The first kappa shape index (κ1) is 35.5. The molecule has 3 aromatic heterocycles. The molecule has 62 heavy (non-hydrogen) atoms. The van der Waals surface area contributed by atoms with Crippen LogP contribution in [-0.4, -0.2) is 24.1 Å². The van der Waals surface area contributed by atoms with E-state index in [2.05, 4.69) is 209 Å². The standard InChI is InChI=1S/C57H37N5/c1-6-18-38(19-7-1)42-30-34-51-49(36-42)46-32-33-47-50-37-43(39-20-8-2-9-21-39)31-35-52(50)62(54(47)53(46)61(51)44-26-14-5-15-27-44)57-59-55(41-24-12-4-13-25-41)58-56(60-57)48-29-17-16-28-45(48)40-22-10-3-11-23-40/h1-37H. The van der Waals surface area contributed by atoms with Crippen LogP contribution < -0.4 is 0 Å². The Labute approximate surface area is 358 Å². The van der Waals surface area contributed by atoms with Crippen LogP contribution in [0, 0.1) is 0 Å². The minimum Gasteiger partial charge on any atom is -0.307 e. The fourth-order valence-electron chi connectivity index (χ4n) is 9.12. The molecule has 5 heteroatoms. The number of aromatic nitrogens is 5. The zero-order valence-corrected chi connectivity index (χ0v) is 33.6. The van der Waals surface area contributed by atoms with Crippen molar-refractivity contribution in [2.45, 2.75) is 0 Å². The lowest BCUT2D eigenvalue weighted by Crippen LogP contribution is -2.07. The fraction of sp³-hybridized carbons (Fsp3) is 0. The van der Waals surface area contributed by atoms with Crippen LogP contribution in [0.5, 0.6) is 0 Å². The van der Waals surface area contributed by atoms with Gasteiger partial charge in [-0.25, -0.2) is 4.98 Å². The van der Waals surface area contributed by atoms with E-state index in [1.54, 1.807) is 0 Å². The van der Waals surface area contributed by atoms with Crippen molar-refractivity contribution in [2.24, 2.45) is 0 Å². The van der Waals surface area contributed by atoms with Crippen LogP contribution in [0.25, 0.3) is 111 Å². The molecular formula is C57H37N5. The molecule has 0 amide bonds. The molecule has 0 atom stereocenters. The molecule has 0 aliphatic carbocycles. The van der Waals surface area contributed by atoms with Crippen LogP contribution in [0.4, 0.5) is 0 Å². The maximum absolute atomic E-state index is 5.49. The normalized spacial score (nSPS) is 11.5. The van der Waals surface area contributed by atoms with E-state index < -0.39 is 0 Å². The van der Waals surface area contributed by atoms with Gasteiger partial charge in [-0.05, 0) is 69.8 Å². The summed E-state index contributed by atoms with van der Waals surface area (Å²) in [5.41, 5.74) is 14.0. The summed E-state index contributed by atoms with van der Waals surface area (Å²) < 4.78 is 4.70. The van der Waals surface area contributed by atoms with Crippen LogP contribution in [0.3, 0.4) is 0 Å². The largest absolute Gasteiger partial charge is 0.307 e. The molecule has 5 nitrogen and oxygen atoms in total. The first-order chi connectivity index (χ1) is 30.8. The van der Waals surface area contributed by atoms with E-state index in [9.17, 15) is 0 Å². The van der Waals surface area contributed by atoms with Gasteiger partial charge in [0.05, 0.1) is 22.1 Å². The van der Waals surface area contributed by atoms with Gasteiger partial charge < -0.3 is 4.57 Å². The van der Waals surface area contributed by atoms with E-state index in [1.165, 1.54) is 16.5 Å². The van der Waals surface area contributed by atoms with Gasteiger partial charge in [0, 0.05) is 38.4 Å². The summed E-state index contributed by atoms with van der Waals surface area (Å²) in [6.45, 7) is 0. The number of fused-ring (bicyclic) bond motifs is 7. The Balaban J connectivity index is 1.23. The van der Waals surface area contributed by atoms with E-state index in [4.69, 9.17) is 15.0 Å². The average molecular weight is 792 g/mol. The highest BCUT2D eigenvalue weighted by atomic mass is 15.2. The van der Waals surface area contributed by atoms with Gasteiger partial charge in [-0.15, -0.1) is 0 Å². The number of hydrogen-bond donors (Lipinski definition) is 0. The summed E-state index contributed by atoms with van der Waals surface area (Å²) >= 11 is 0. The molecule has 0 radical (unpaired) electrons.